The molecule has 0 fully saturated rings. The Kier molecular flexibility index (Phi) is 8.57. The van der Waals surface area contributed by atoms with Gasteiger partial charge in [0.25, 0.3) is 0 Å². The van der Waals surface area contributed by atoms with Crippen LogP contribution in [0.25, 0.3) is 0 Å². The van der Waals surface area contributed by atoms with Crippen molar-refractivity contribution in [2.24, 2.45) is 0 Å². The molecule has 1 amide bonds. The number of carbonyl (C=O) groups excluding carboxylic acids is 1. The zero-order valence-corrected chi connectivity index (χ0v) is 22.1. The summed E-state index contributed by atoms with van der Waals surface area (Å²) in [7, 11) is -2.03. The first kappa shape index (κ1) is 26.7. The van der Waals surface area contributed by atoms with Crippen LogP contribution >= 0.6 is 0 Å². The number of rotatable bonds is 9. The number of nitrogens with one attached hydrogen (secondary N) is 1. The maximum atomic E-state index is 13.4. The molecule has 2 atom stereocenters. The predicted molar refractivity (Wildman–Crippen MR) is 136 cm³/mol. The zero-order valence-electron chi connectivity index (χ0n) is 21.3. The van der Waals surface area contributed by atoms with Crippen LogP contribution in [0.15, 0.2) is 30.3 Å². The Bertz CT molecular complexity index is 1090. The van der Waals surface area contributed by atoms with Gasteiger partial charge >= 0.3 is 0 Å². The first-order valence-electron chi connectivity index (χ1n) is 11.4. The first-order valence-corrected chi connectivity index (χ1v) is 13.2. The molecular weight excluding hydrogens is 436 g/mol. The molecule has 6 nitrogen and oxygen atoms in total. The van der Waals surface area contributed by atoms with Crippen molar-refractivity contribution in [3.63, 3.8) is 0 Å². The molecule has 7 heteroatoms. The number of methoxy groups -OCH3 is 1. The normalized spacial score (nSPS) is 13.5. The van der Waals surface area contributed by atoms with Gasteiger partial charge in [0.05, 0.1) is 25.1 Å². The summed E-state index contributed by atoms with van der Waals surface area (Å²) in [5.74, 6) is 0.765. The number of carbonyl (C=O) groups is 1. The van der Waals surface area contributed by atoms with Crippen molar-refractivity contribution in [3.8, 4) is 5.75 Å². The van der Waals surface area contributed by atoms with Gasteiger partial charge in [0.2, 0.25) is 15.9 Å². The van der Waals surface area contributed by atoms with Crippen LogP contribution in [0.1, 0.15) is 73.9 Å². The molecule has 0 heterocycles. The first-order chi connectivity index (χ1) is 15.3. The predicted octanol–water partition coefficient (Wildman–Crippen LogP) is 5.17. The number of nitrogens with zero attached hydrogens (tertiary/aromatic N) is 1. The fraction of sp³-hybridized carbons (Fsp3) is 0.500. The second-order valence-corrected chi connectivity index (χ2v) is 11.0. The molecule has 0 saturated carbocycles. The van der Waals surface area contributed by atoms with Crippen molar-refractivity contribution in [1.82, 2.24) is 5.32 Å². The highest BCUT2D eigenvalue weighted by Crippen LogP contribution is 2.32. The Morgan fingerprint density at radius 2 is 1.58 bits per heavy atom. The summed E-state index contributed by atoms with van der Waals surface area (Å²) in [4.78, 5) is 13.4. The monoisotopic (exact) mass is 474 g/mol. The standard InChI is InChI=1S/C26H38N2O4S/c1-10-24(28(33(9,30)31)21-12-17(4)11-18(5)13-21)26(29)27-20(7)23-15-22(16(2)3)25(32-8)14-19(23)6/h11-16,20,24H,10H2,1-9H3,(H,27,29)/t20-,24-/m1/s1. The molecule has 33 heavy (non-hydrogen) atoms. The van der Waals surface area contributed by atoms with E-state index in [1.807, 2.05) is 46.8 Å². The fourth-order valence-corrected chi connectivity index (χ4v) is 5.53. The molecule has 0 radical (unpaired) electrons. The Balaban J connectivity index is 2.42. The third-order valence-corrected chi connectivity index (χ3v) is 7.04. The second kappa shape index (κ2) is 10.6. The molecule has 0 aromatic heterocycles. The van der Waals surface area contributed by atoms with Crippen LogP contribution in [-0.4, -0.2) is 33.7 Å². The summed E-state index contributed by atoms with van der Waals surface area (Å²) in [6.45, 7) is 13.8. The lowest BCUT2D eigenvalue weighted by atomic mass is 9.93. The van der Waals surface area contributed by atoms with Gasteiger partial charge in [-0.05, 0) is 92.1 Å². The van der Waals surface area contributed by atoms with E-state index < -0.39 is 16.1 Å². The number of hydrogen-bond donors (Lipinski definition) is 1. The maximum absolute atomic E-state index is 13.4. The molecule has 0 aliphatic heterocycles. The van der Waals surface area contributed by atoms with Crippen molar-refractivity contribution < 1.29 is 17.9 Å². The fourth-order valence-electron chi connectivity index (χ4n) is 4.34. The number of ether oxygens (including phenoxy) is 1. The lowest BCUT2D eigenvalue weighted by Crippen LogP contribution is -2.49. The highest BCUT2D eigenvalue weighted by Gasteiger charge is 2.32. The summed E-state index contributed by atoms with van der Waals surface area (Å²) < 4.78 is 32.4. The van der Waals surface area contributed by atoms with Gasteiger partial charge in [-0.1, -0.05) is 26.8 Å². The van der Waals surface area contributed by atoms with E-state index in [9.17, 15) is 13.2 Å². The van der Waals surface area contributed by atoms with Crippen molar-refractivity contribution in [1.29, 1.82) is 0 Å². The zero-order chi connectivity index (χ0) is 25.1. The highest BCUT2D eigenvalue weighted by atomic mass is 32.2. The molecule has 0 aliphatic carbocycles. The average molecular weight is 475 g/mol. The van der Waals surface area contributed by atoms with Crippen LogP contribution in [0.2, 0.25) is 0 Å². The summed E-state index contributed by atoms with van der Waals surface area (Å²) >= 11 is 0. The van der Waals surface area contributed by atoms with Crippen LogP contribution in [0.3, 0.4) is 0 Å². The molecule has 1 N–H and O–H groups in total. The van der Waals surface area contributed by atoms with Crippen molar-refractivity contribution in [2.45, 2.75) is 72.9 Å². The van der Waals surface area contributed by atoms with Gasteiger partial charge < -0.3 is 10.1 Å². The molecule has 0 unspecified atom stereocenters. The van der Waals surface area contributed by atoms with E-state index >= 15 is 0 Å². The third-order valence-electron chi connectivity index (χ3n) is 5.86. The molecule has 0 bridgehead atoms. The summed E-state index contributed by atoms with van der Waals surface area (Å²) in [5.41, 5.74) is 5.45. The Hall–Kier alpha value is -2.54. The Labute approximate surface area is 199 Å². The van der Waals surface area contributed by atoms with E-state index in [2.05, 4.69) is 25.2 Å². The minimum Gasteiger partial charge on any atom is -0.496 e. The molecule has 0 saturated heterocycles. The lowest BCUT2D eigenvalue weighted by molar-refractivity contribution is -0.122. The van der Waals surface area contributed by atoms with Crippen LogP contribution < -0.4 is 14.4 Å². The van der Waals surface area contributed by atoms with Gasteiger partial charge in [0.1, 0.15) is 11.8 Å². The van der Waals surface area contributed by atoms with E-state index in [4.69, 9.17) is 4.74 Å². The quantitative estimate of drug-likeness (QED) is 0.544. The van der Waals surface area contributed by atoms with Crippen LogP contribution in [0.5, 0.6) is 5.75 Å². The second-order valence-electron chi connectivity index (χ2n) is 9.16. The van der Waals surface area contributed by atoms with E-state index in [0.717, 1.165) is 39.8 Å². The Morgan fingerprint density at radius 1 is 1.00 bits per heavy atom. The molecule has 0 spiro atoms. The average Bonchev–Trinajstić information content (AvgIpc) is 2.69. The van der Waals surface area contributed by atoms with Gasteiger partial charge in [0.15, 0.2) is 0 Å². The van der Waals surface area contributed by atoms with E-state index in [0.29, 0.717) is 12.1 Å². The van der Waals surface area contributed by atoms with Crippen molar-refractivity contribution >= 4 is 21.6 Å². The molecule has 182 valence electrons. The number of hydrogen-bond acceptors (Lipinski definition) is 4. The third kappa shape index (κ3) is 6.28. The van der Waals surface area contributed by atoms with Crippen LogP contribution in [0.4, 0.5) is 5.69 Å². The molecule has 0 aliphatic rings. The van der Waals surface area contributed by atoms with Crippen molar-refractivity contribution in [3.05, 3.63) is 58.1 Å². The van der Waals surface area contributed by atoms with Gasteiger partial charge in [0, 0.05) is 0 Å². The highest BCUT2D eigenvalue weighted by molar-refractivity contribution is 7.92. The smallest absolute Gasteiger partial charge is 0.244 e. The molecular formula is C26H38N2O4S. The molecule has 2 aromatic carbocycles. The number of anilines is 1. The summed E-state index contributed by atoms with van der Waals surface area (Å²) in [5, 5.41) is 3.06. The van der Waals surface area contributed by atoms with E-state index in [1.54, 1.807) is 19.2 Å². The molecule has 2 rings (SSSR count). The summed E-state index contributed by atoms with van der Waals surface area (Å²) in [6.07, 6.45) is 1.49. The van der Waals surface area contributed by atoms with Crippen molar-refractivity contribution in [2.75, 3.05) is 17.7 Å². The minimum atomic E-state index is -3.69. The van der Waals surface area contributed by atoms with Crippen LogP contribution in [0, 0.1) is 20.8 Å². The van der Waals surface area contributed by atoms with E-state index in [1.165, 1.54) is 4.31 Å². The number of benzene rings is 2. The van der Waals surface area contributed by atoms with Gasteiger partial charge in [-0.3, -0.25) is 9.10 Å². The number of sulfonamides is 1. The largest absolute Gasteiger partial charge is 0.496 e. The molecule has 2 aromatic rings. The van der Waals surface area contributed by atoms with Gasteiger partial charge in [-0.15, -0.1) is 0 Å². The van der Waals surface area contributed by atoms with E-state index in [-0.39, 0.29) is 17.9 Å². The maximum Gasteiger partial charge on any atom is 0.244 e. The van der Waals surface area contributed by atoms with Crippen LogP contribution in [-0.2, 0) is 14.8 Å². The number of amides is 1. The topological polar surface area (TPSA) is 75.7 Å². The minimum absolute atomic E-state index is 0.260. The Morgan fingerprint density at radius 3 is 2.03 bits per heavy atom. The summed E-state index contributed by atoms with van der Waals surface area (Å²) in [6, 6.07) is 8.49. The SMILES string of the molecule is CC[C@H](C(=O)N[C@H](C)c1cc(C(C)C)c(OC)cc1C)N(c1cc(C)cc(C)c1)S(C)(=O)=O. The number of aryl methyl sites for hydroxylation is 3. The van der Waals surface area contributed by atoms with Gasteiger partial charge in [-0.2, -0.15) is 0 Å². The lowest BCUT2D eigenvalue weighted by Gasteiger charge is -2.32. The van der Waals surface area contributed by atoms with Gasteiger partial charge in [-0.25, -0.2) is 8.42 Å².